The number of halogens is 2. The summed E-state index contributed by atoms with van der Waals surface area (Å²) in [6.07, 6.45) is 5.67. The number of nitrogens with one attached hydrogen (secondary N) is 1. The minimum Gasteiger partial charge on any atom is -0.371 e. The molecule has 1 aliphatic carbocycles. The van der Waals surface area contributed by atoms with Gasteiger partial charge in [0.05, 0.1) is 5.02 Å². The molecule has 2 rings (SSSR count). The van der Waals surface area contributed by atoms with Gasteiger partial charge in [0.2, 0.25) is 5.91 Å². The molecule has 1 aromatic carbocycles. The molecule has 3 nitrogen and oxygen atoms in total. The molecule has 1 amide bonds. The largest absolute Gasteiger partial charge is 0.371 e. The standard InChI is InChI=1S/C15H20BrClN2O/c1-15(14(18)20,10-5-3-2-4-6-10)19-11-7-8-13(17)12(16)9-11/h7-10,19H,2-6H2,1H3,(H2,18,20). The van der Waals surface area contributed by atoms with E-state index in [4.69, 9.17) is 17.3 Å². The Kier molecular flexibility index (Phi) is 4.97. The number of carbonyl (C=O) groups excluding carboxylic acids is 1. The lowest BCUT2D eigenvalue weighted by Gasteiger charge is -2.38. The smallest absolute Gasteiger partial charge is 0.243 e. The van der Waals surface area contributed by atoms with Crippen LogP contribution in [-0.2, 0) is 4.79 Å². The summed E-state index contributed by atoms with van der Waals surface area (Å²) in [5.41, 5.74) is 5.82. The van der Waals surface area contributed by atoms with Crippen molar-refractivity contribution in [1.82, 2.24) is 0 Å². The van der Waals surface area contributed by atoms with Crippen LogP contribution in [0.3, 0.4) is 0 Å². The van der Waals surface area contributed by atoms with E-state index in [9.17, 15) is 4.79 Å². The van der Waals surface area contributed by atoms with Crippen molar-refractivity contribution in [2.45, 2.75) is 44.6 Å². The Balaban J connectivity index is 2.23. The molecule has 1 unspecified atom stereocenters. The Hall–Kier alpha value is -0.740. The van der Waals surface area contributed by atoms with Crippen molar-refractivity contribution in [1.29, 1.82) is 0 Å². The highest BCUT2D eigenvalue weighted by molar-refractivity contribution is 9.10. The van der Waals surface area contributed by atoms with Crippen molar-refractivity contribution in [3.8, 4) is 0 Å². The van der Waals surface area contributed by atoms with Crippen molar-refractivity contribution in [2.75, 3.05) is 5.32 Å². The number of carbonyl (C=O) groups is 1. The average molecular weight is 360 g/mol. The van der Waals surface area contributed by atoms with Crippen LogP contribution in [0.25, 0.3) is 0 Å². The molecule has 0 spiro atoms. The van der Waals surface area contributed by atoms with Gasteiger partial charge in [-0.3, -0.25) is 4.79 Å². The predicted octanol–water partition coefficient (Wildman–Crippen LogP) is 4.34. The summed E-state index contributed by atoms with van der Waals surface area (Å²) in [6, 6.07) is 5.56. The van der Waals surface area contributed by atoms with Gasteiger partial charge in [0.25, 0.3) is 0 Å². The maximum Gasteiger partial charge on any atom is 0.243 e. The molecule has 0 heterocycles. The first kappa shape index (κ1) is 15.6. The summed E-state index contributed by atoms with van der Waals surface area (Å²) >= 11 is 9.40. The van der Waals surface area contributed by atoms with Gasteiger partial charge in [-0.15, -0.1) is 0 Å². The van der Waals surface area contributed by atoms with E-state index in [2.05, 4.69) is 21.2 Å². The van der Waals surface area contributed by atoms with Crippen LogP contribution in [0.5, 0.6) is 0 Å². The van der Waals surface area contributed by atoms with Crippen LogP contribution in [0.1, 0.15) is 39.0 Å². The Bertz CT molecular complexity index is 503. The second kappa shape index (κ2) is 6.35. The lowest BCUT2D eigenvalue weighted by molar-refractivity contribution is -0.123. The number of rotatable bonds is 4. The van der Waals surface area contributed by atoms with Crippen LogP contribution in [0.4, 0.5) is 5.69 Å². The van der Waals surface area contributed by atoms with Gasteiger partial charge in [-0.1, -0.05) is 30.9 Å². The van der Waals surface area contributed by atoms with Crippen LogP contribution in [0.2, 0.25) is 5.02 Å². The third-order valence-electron chi connectivity index (χ3n) is 4.26. The van der Waals surface area contributed by atoms with Gasteiger partial charge < -0.3 is 11.1 Å². The van der Waals surface area contributed by atoms with E-state index in [1.165, 1.54) is 19.3 Å². The minimum absolute atomic E-state index is 0.281. The summed E-state index contributed by atoms with van der Waals surface area (Å²) in [7, 11) is 0. The van der Waals surface area contributed by atoms with Crippen molar-refractivity contribution in [3.05, 3.63) is 27.7 Å². The highest BCUT2D eigenvalue weighted by Gasteiger charge is 2.40. The fourth-order valence-corrected chi connectivity index (χ4v) is 3.41. The zero-order valence-corrected chi connectivity index (χ0v) is 13.9. The number of nitrogens with two attached hydrogens (primary N) is 1. The molecule has 0 aliphatic heterocycles. The fourth-order valence-electron chi connectivity index (χ4n) is 2.92. The monoisotopic (exact) mass is 358 g/mol. The highest BCUT2D eigenvalue weighted by atomic mass is 79.9. The first-order valence-electron chi connectivity index (χ1n) is 6.96. The third-order valence-corrected chi connectivity index (χ3v) is 5.47. The van der Waals surface area contributed by atoms with Crippen LogP contribution in [0, 0.1) is 5.92 Å². The van der Waals surface area contributed by atoms with Gasteiger partial charge in [-0.25, -0.2) is 0 Å². The number of hydrogen-bond acceptors (Lipinski definition) is 2. The predicted molar refractivity (Wildman–Crippen MR) is 86.9 cm³/mol. The van der Waals surface area contributed by atoms with Gasteiger partial charge in [-0.05, 0) is 59.8 Å². The Morgan fingerprint density at radius 2 is 2.05 bits per heavy atom. The van der Waals surface area contributed by atoms with Crippen molar-refractivity contribution in [2.24, 2.45) is 11.7 Å². The van der Waals surface area contributed by atoms with Crippen molar-refractivity contribution in [3.63, 3.8) is 0 Å². The van der Waals surface area contributed by atoms with E-state index >= 15 is 0 Å². The molecule has 0 bridgehead atoms. The van der Waals surface area contributed by atoms with E-state index < -0.39 is 5.54 Å². The number of hydrogen-bond donors (Lipinski definition) is 2. The average Bonchev–Trinajstić information content (AvgIpc) is 2.43. The van der Waals surface area contributed by atoms with Gasteiger partial charge in [0.15, 0.2) is 0 Å². The minimum atomic E-state index is -0.715. The topological polar surface area (TPSA) is 55.1 Å². The molecule has 20 heavy (non-hydrogen) atoms. The van der Waals surface area contributed by atoms with Gasteiger partial charge in [-0.2, -0.15) is 0 Å². The second-order valence-corrected chi connectivity index (χ2v) is 6.92. The van der Waals surface area contributed by atoms with E-state index in [-0.39, 0.29) is 11.8 Å². The molecule has 1 saturated carbocycles. The van der Waals surface area contributed by atoms with Gasteiger partial charge >= 0.3 is 0 Å². The second-order valence-electron chi connectivity index (χ2n) is 5.66. The lowest BCUT2D eigenvalue weighted by Crippen LogP contribution is -2.54. The Morgan fingerprint density at radius 3 is 2.60 bits per heavy atom. The molecular weight excluding hydrogens is 340 g/mol. The zero-order chi connectivity index (χ0) is 14.8. The van der Waals surface area contributed by atoms with Crippen LogP contribution < -0.4 is 11.1 Å². The molecule has 0 aromatic heterocycles. The molecule has 0 saturated heterocycles. The summed E-state index contributed by atoms with van der Waals surface area (Å²) in [4.78, 5) is 12.0. The normalized spacial score (nSPS) is 19.4. The van der Waals surface area contributed by atoms with Gasteiger partial charge in [0, 0.05) is 10.2 Å². The summed E-state index contributed by atoms with van der Waals surface area (Å²) < 4.78 is 0.805. The number of benzene rings is 1. The quantitative estimate of drug-likeness (QED) is 0.840. The van der Waals surface area contributed by atoms with Crippen LogP contribution in [-0.4, -0.2) is 11.4 Å². The molecule has 3 N–H and O–H groups in total. The van der Waals surface area contributed by atoms with Crippen molar-refractivity contribution < 1.29 is 4.79 Å². The molecular formula is C15H20BrClN2O. The first-order valence-corrected chi connectivity index (χ1v) is 8.13. The summed E-state index contributed by atoms with van der Waals surface area (Å²) in [6.45, 7) is 1.91. The van der Waals surface area contributed by atoms with Crippen molar-refractivity contribution >= 4 is 39.1 Å². The van der Waals surface area contributed by atoms with E-state index in [1.54, 1.807) is 6.07 Å². The molecule has 5 heteroatoms. The molecule has 1 fully saturated rings. The molecule has 1 aromatic rings. The summed E-state index contributed by atoms with van der Waals surface area (Å²) in [5, 5.41) is 3.98. The zero-order valence-electron chi connectivity index (χ0n) is 11.6. The number of amides is 1. The Labute approximate surface area is 133 Å². The first-order chi connectivity index (χ1) is 9.43. The van der Waals surface area contributed by atoms with Gasteiger partial charge in [0.1, 0.15) is 5.54 Å². The number of primary amides is 1. The third kappa shape index (κ3) is 3.29. The maximum atomic E-state index is 12.0. The van der Waals surface area contributed by atoms with E-state index in [1.807, 2.05) is 19.1 Å². The number of anilines is 1. The van der Waals surface area contributed by atoms with E-state index in [0.717, 1.165) is 23.0 Å². The fraction of sp³-hybridized carbons (Fsp3) is 0.533. The molecule has 1 aliphatic rings. The molecule has 1 atom stereocenters. The highest BCUT2D eigenvalue weighted by Crippen LogP contribution is 2.36. The molecule has 0 radical (unpaired) electrons. The van der Waals surface area contributed by atoms with Crippen LogP contribution >= 0.6 is 27.5 Å². The summed E-state index contributed by atoms with van der Waals surface area (Å²) in [5.74, 6) is -0.0151. The molecule has 110 valence electrons. The Morgan fingerprint density at radius 1 is 1.40 bits per heavy atom. The van der Waals surface area contributed by atoms with Crippen LogP contribution in [0.15, 0.2) is 22.7 Å². The lowest BCUT2D eigenvalue weighted by atomic mass is 9.75. The van der Waals surface area contributed by atoms with E-state index in [0.29, 0.717) is 5.02 Å². The SMILES string of the molecule is CC(Nc1ccc(Cl)c(Br)c1)(C(N)=O)C1CCCCC1. The maximum absolute atomic E-state index is 12.0.